The minimum absolute atomic E-state index is 0.0871. The molecule has 2 atom stereocenters. The lowest BCUT2D eigenvalue weighted by Gasteiger charge is -2.17. The lowest BCUT2D eigenvalue weighted by Crippen LogP contribution is -2.40. The Morgan fingerprint density at radius 3 is 2.63 bits per heavy atom. The van der Waals surface area contributed by atoms with E-state index in [2.05, 4.69) is 9.71 Å². The summed E-state index contributed by atoms with van der Waals surface area (Å²) in [6, 6.07) is 7.66. The van der Waals surface area contributed by atoms with Crippen molar-refractivity contribution in [3.05, 3.63) is 34.7 Å². The topological polar surface area (TPSA) is 101 Å². The number of aromatic nitrogens is 2. The average molecular weight is 434 g/mol. The molecule has 2 N–H and O–H groups in total. The van der Waals surface area contributed by atoms with Crippen molar-refractivity contribution in [2.24, 2.45) is 11.8 Å². The molecule has 2 fully saturated rings. The number of hydrogen-bond acceptors (Lipinski definition) is 4. The van der Waals surface area contributed by atoms with Crippen LogP contribution in [0, 0.1) is 11.8 Å². The molecule has 2 aromatic rings. The fourth-order valence-electron chi connectivity index (χ4n) is 4.53. The number of unbranched alkanes of at least 4 members (excludes halogenated alkanes) is 3. The lowest BCUT2D eigenvalue weighted by molar-refractivity contribution is -0.120. The summed E-state index contributed by atoms with van der Waals surface area (Å²) in [6.45, 7) is 2.69. The number of nitrogens with zero attached hydrogens (tertiary/aromatic N) is 1. The molecule has 2 saturated carbocycles. The van der Waals surface area contributed by atoms with Crippen molar-refractivity contribution in [2.75, 3.05) is 0 Å². The van der Waals surface area contributed by atoms with E-state index in [0.717, 1.165) is 49.6 Å². The molecule has 7 nitrogen and oxygen atoms in total. The summed E-state index contributed by atoms with van der Waals surface area (Å²) >= 11 is 0. The van der Waals surface area contributed by atoms with Crippen molar-refractivity contribution in [1.29, 1.82) is 0 Å². The Labute approximate surface area is 177 Å². The number of para-hydroxylation sites is 2. The maximum atomic E-state index is 12.7. The van der Waals surface area contributed by atoms with Gasteiger partial charge in [0.05, 0.1) is 15.8 Å². The summed E-state index contributed by atoms with van der Waals surface area (Å²) < 4.78 is 28.8. The van der Waals surface area contributed by atoms with Gasteiger partial charge in [-0.1, -0.05) is 44.7 Å². The predicted molar refractivity (Wildman–Crippen MR) is 117 cm³/mol. The van der Waals surface area contributed by atoms with Gasteiger partial charge in [0, 0.05) is 12.5 Å². The molecule has 1 aromatic carbocycles. The molecule has 0 bridgehead atoms. The highest BCUT2D eigenvalue weighted by Crippen LogP contribution is 2.48. The van der Waals surface area contributed by atoms with E-state index in [1.54, 1.807) is 4.57 Å². The molecule has 0 radical (unpaired) electrons. The smallest absolute Gasteiger partial charge is 0.306 e. The Morgan fingerprint density at radius 1 is 1.20 bits per heavy atom. The van der Waals surface area contributed by atoms with E-state index in [1.807, 2.05) is 31.2 Å². The number of imidazole rings is 1. The standard InChI is InChI=1S/C22H31N3O4S/c1-2-16-15-17(16)20(26)24-30(28,29)22(12-13-22)11-7-3-4-8-14-25-19-10-6-5-9-18(19)23-21(25)27/h5-6,9-10,16-17H,2-4,7-8,11-15H2,1H3,(H,23,27)(H,24,26)/t16?,17-/m0/s1. The van der Waals surface area contributed by atoms with Crippen LogP contribution in [0.4, 0.5) is 0 Å². The zero-order valence-electron chi connectivity index (χ0n) is 17.5. The average Bonchev–Trinajstić information content (AvgIpc) is 3.62. The van der Waals surface area contributed by atoms with Crippen LogP contribution < -0.4 is 10.4 Å². The number of amides is 1. The number of sulfonamides is 1. The van der Waals surface area contributed by atoms with Crippen LogP contribution in [0.2, 0.25) is 0 Å². The molecule has 8 heteroatoms. The third-order valence-corrected chi connectivity index (χ3v) is 9.06. The molecule has 2 aliphatic rings. The molecule has 0 spiro atoms. The van der Waals surface area contributed by atoms with Gasteiger partial charge < -0.3 is 4.98 Å². The number of carbonyl (C=O) groups excluding carboxylic acids is 1. The second-order valence-electron chi connectivity index (χ2n) is 8.93. The second kappa shape index (κ2) is 8.21. The molecule has 4 rings (SSSR count). The van der Waals surface area contributed by atoms with E-state index < -0.39 is 14.8 Å². The lowest BCUT2D eigenvalue weighted by atomic mass is 10.1. The molecule has 0 aliphatic heterocycles. The highest BCUT2D eigenvalue weighted by atomic mass is 32.2. The summed E-state index contributed by atoms with van der Waals surface area (Å²) in [7, 11) is -3.59. The first-order chi connectivity index (χ1) is 14.4. The number of carbonyl (C=O) groups is 1. The van der Waals surface area contributed by atoms with Crippen molar-refractivity contribution in [3.8, 4) is 0 Å². The quantitative estimate of drug-likeness (QED) is 0.531. The van der Waals surface area contributed by atoms with Crippen LogP contribution in [-0.2, 0) is 21.4 Å². The number of nitrogens with one attached hydrogen (secondary N) is 2. The summed E-state index contributed by atoms with van der Waals surface area (Å²) in [5.41, 5.74) is 1.68. The summed E-state index contributed by atoms with van der Waals surface area (Å²) in [4.78, 5) is 27.2. The zero-order chi connectivity index (χ0) is 21.4. The highest BCUT2D eigenvalue weighted by Gasteiger charge is 2.55. The van der Waals surface area contributed by atoms with Gasteiger partial charge >= 0.3 is 5.69 Å². The van der Waals surface area contributed by atoms with Gasteiger partial charge in [0.25, 0.3) is 0 Å². The van der Waals surface area contributed by atoms with Gasteiger partial charge in [0.15, 0.2) is 0 Å². The second-order valence-corrected chi connectivity index (χ2v) is 11.0. The molecule has 1 aromatic heterocycles. The zero-order valence-corrected chi connectivity index (χ0v) is 18.3. The van der Waals surface area contributed by atoms with Gasteiger partial charge in [-0.05, 0) is 50.2 Å². The number of H-pyrrole nitrogens is 1. The van der Waals surface area contributed by atoms with Crippen LogP contribution in [0.1, 0.15) is 64.7 Å². The number of aryl methyl sites for hydroxylation is 1. The molecular weight excluding hydrogens is 402 g/mol. The monoisotopic (exact) mass is 433 g/mol. The fraction of sp³-hybridized carbons (Fsp3) is 0.636. The molecule has 1 unspecified atom stereocenters. The summed E-state index contributed by atoms with van der Waals surface area (Å²) in [6.07, 6.45) is 7.17. The fourth-order valence-corrected chi connectivity index (χ4v) is 6.21. The third kappa shape index (κ3) is 4.19. The summed E-state index contributed by atoms with van der Waals surface area (Å²) in [5.74, 6) is -0.0780. The molecule has 1 amide bonds. The number of aromatic amines is 1. The van der Waals surface area contributed by atoms with Gasteiger partial charge in [0.2, 0.25) is 15.9 Å². The maximum absolute atomic E-state index is 12.7. The van der Waals surface area contributed by atoms with E-state index in [1.165, 1.54) is 0 Å². The van der Waals surface area contributed by atoms with Crippen LogP contribution in [-0.4, -0.2) is 28.6 Å². The van der Waals surface area contributed by atoms with Gasteiger partial charge in [-0.25, -0.2) is 13.2 Å². The molecule has 30 heavy (non-hydrogen) atoms. The molecule has 2 aliphatic carbocycles. The largest absolute Gasteiger partial charge is 0.326 e. The number of benzene rings is 1. The van der Waals surface area contributed by atoms with Gasteiger partial charge in [-0.2, -0.15) is 0 Å². The molecule has 1 heterocycles. The normalized spacial score (nSPS) is 22.2. The Bertz CT molecular complexity index is 1080. The van der Waals surface area contributed by atoms with Crippen molar-refractivity contribution >= 4 is 27.0 Å². The van der Waals surface area contributed by atoms with E-state index in [-0.39, 0.29) is 17.5 Å². The third-order valence-electron chi connectivity index (χ3n) is 6.84. The van der Waals surface area contributed by atoms with Crippen LogP contribution in [0.5, 0.6) is 0 Å². The van der Waals surface area contributed by atoms with Gasteiger partial charge in [-0.15, -0.1) is 0 Å². The molecular formula is C22H31N3O4S. The Kier molecular flexibility index (Phi) is 5.79. The number of fused-ring (bicyclic) bond motifs is 1. The predicted octanol–water partition coefficient (Wildman–Crippen LogP) is 3.30. The first-order valence-electron chi connectivity index (χ1n) is 11.1. The minimum Gasteiger partial charge on any atom is -0.306 e. The first-order valence-corrected chi connectivity index (χ1v) is 12.6. The van der Waals surface area contributed by atoms with Crippen LogP contribution >= 0.6 is 0 Å². The Hall–Kier alpha value is -2.09. The number of rotatable bonds is 11. The molecule has 0 saturated heterocycles. The van der Waals surface area contributed by atoms with Crippen LogP contribution in [0.15, 0.2) is 29.1 Å². The highest BCUT2D eigenvalue weighted by molar-refractivity contribution is 7.91. The van der Waals surface area contributed by atoms with E-state index in [9.17, 15) is 18.0 Å². The van der Waals surface area contributed by atoms with Gasteiger partial charge in [0.1, 0.15) is 0 Å². The first kappa shape index (κ1) is 21.2. The van der Waals surface area contributed by atoms with Crippen LogP contribution in [0.25, 0.3) is 11.0 Å². The molecule has 164 valence electrons. The summed E-state index contributed by atoms with van der Waals surface area (Å²) in [5, 5.41) is 0. The van der Waals surface area contributed by atoms with E-state index >= 15 is 0 Å². The minimum atomic E-state index is -3.59. The van der Waals surface area contributed by atoms with Crippen LogP contribution in [0.3, 0.4) is 0 Å². The van der Waals surface area contributed by atoms with E-state index in [4.69, 9.17) is 0 Å². The SMILES string of the molecule is CCC1C[C@@H]1C(=O)NS(=O)(=O)C1(CCCCCCn2c(=O)[nH]c3ccccc32)CC1. The van der Waals surface area contributed by atoms with Crippen molar-refractivity contribution < 1.29 is 13.2 Å². The Morgan fingerprint density at radius 2 is 1.93 bits per heavy atom. The van der Waals surface area contributed by atoms with E-state index in [0.29, 0.717) is 31.7 Å². The van der Waals surface area contributed by atoms with Crippen molar-refractivity contribution in [3.63, 3.8) is 0 Å². The van der Waals surface area contributed by atoms with Crippen molar-refractivity contribution in [2.45, 2.75) is 76.0 Å². The number of hydrogen-bond donors (Lipinski definition) is 2. The van der Waals surface area contributed by atoms with Gasteiger partial charge in [-0.3, -0.25) is 14.1 Å². The van der Waals surface area contributed by atoms with Crippen molar-refractivity contribution in [1.82, 2.24) is 14.3 Å². The Balaban J connectivity index is 1.21. The maximum Gasteiger partial charge on any atom is 0.326 e.